The molecule has 1 atom stereocenters. The van der Waals surface area contributed by atoms with Crippen LogP contribution in [0.15, 0.2) is 30.2 Å². The number of carbonyl (C=O) groups is 1. The Morgan fingerprint density at radius 3 is 2.97 bits per heavy atom. The largest absolute Gasteiger partial charge is 0.365 e. The van der Waals surface area contributed by atoms with Crippen molar-refractivity contribution in [3.63, 3.8) is 0 Å². The molecule has 0 radical (unpaired) electrons. The van der Waals surface area contributed by atoms with E-state index < -0.39 is 0 Å². The molecular weight excluding hydrogens is 420 g/mol. The van der Waals surface area contributed by atoms with E-state index in [1.54, 1.807) is 17.3 Å². The Labute approximate surface area is 190 Å². The Morgan fingerprint density at radius 1 is 1.33 bits per heavy atom. The van der Waals surface area contributed by atoms with Crippen LogP contribution in [0.25, 0.3) is 11.0 Å². The summed E-state index contributed by atoms with van der Waals surface area (Å²) < 4.78 is 1.82. The van der Waals surface area contributed by atoms with Gasteiger partial charge in [-0.2, -0.15) is 25.4 Å². The van der Waals surface area contributed by atoms with Crippen LogP contribution in [0.1, 0.15) is 32.6 Å². The molecule has 0 spiro atoms. The maximum absolute atomic E-state index is 12.9. The first-order valence-electron chi connectivity index (χ1n) is 11.3. The first kappa shape index (κ1) is 20.9. The van der Waals surface area contributed by atoms with Crippen LogP contribution in [0.3, 0.4) is 0 Å². The second-order valence-corrected chi connectivity index (χ2v) is 8.50. The van der Waals surface area contributed by atoms with Gasteiger partial charge in [0.05, 0.1) is 23.5 Å². The number of hydrogen-bond acceptors (Lipinski definition) is 8. The van der Waals surface area contributed by atoms with Crippen molar-refractivity contribution in [3.05, 3.63) is 30.2 Å². The normalized spacial score (nSPS) is 18.8. The highest BCUT2D eigenvalue weighted by Crippen LogP contribution is 2.32. The molecule has 1 aliphatic heterocycles. The van der Waals surface area contributed by atoms with E-state index in [2.05, 4.69) is 42.0 Å². The third-order valence-electron chi connectivity index (χ3n) is 5.95. The van der Waals surface area contributed by atoms with Gasteiger partial charge < -0.3 is 15.5 Å². The fraction of sp³-hybridized carbons (Fsp3) is 0.455. The zero-order chi connectivity index (χ0) is 22.8. The Bertz CT molecular complexity index is 1230. The summed E-state index contributed by atoms with van der Waals surface area (Å²) in [5.41, 5.74) is 1.67. The molecule has 1 amide bonds. The summed E-state index contributed by atoms with van der Waals surface area (Å²) >= 11 is 0. The molecule has 0 bridgehead atoms. The smallest absolute Gasteiger partial charge is 0.264 e. The van der Waals surface area contributed by atoms with Crippen LogP contribution in [-0.4, -0.2) is 59.9 Å². The lowest BCUT2D eigenvalue weighted by atomic mass is 10.0. The molecular formula is C22H26N10O. The monoisotopic (exact) mass is 446 g/mol. The molecule has 3 N–H and O–H groups in total. The number of fused-ring (bicyclic) bond motifs is 1. The van der Waals surface area contributed by atoms with Crippen molar-refractivity contribution in [2.24, 2.45) is 5.92 Å². The summed E-state index contributed by atoms with van der Waals surface area (Å²) in [6.45, 7) is 3.96. The first-order chi connectivity index (χ1) is 16.1. The van der Waals surface area contributed by atoms with Crippen LogP contribution in [-0.2, 0) is 11.3 Å². The number of amides is 1. The van der Waals surface area contributed by atoms with E-state index in [0.29, 0.717) is 36.4 Å². The number of nitrogens with zero attached hydrogens (tertiary/aromatic N) is 7. The lowest BCUT2D eigenvalue weighted by Gasteiger charge is -2.33. The molecule has 1 saturated heterocycles. The minimum Gasteiger partial charge on any atom is -0.365 e. The lowest BCUT2D eigenvalue weighted by Crippen LogP contribution is -2.45. The number of nitrogens with one attached hydrogen (secondary N) is 3. The van der Waals surface area contributed by atoms with Gasteiger partial charge >= 0.3 is 0 Å². The van der Waals surface area contributed by atoms with Gasteiger partial charge in [0.2, 0.25) is 5.95 Å². The first-order valence-corrected chi connectivity index (χ1v) is 11.3. The second-order valence-electron chi connectivity index (χ2n) is 8.50. The molecule has 1 saturated carbocycles. The average Bonchev–Trinajstić information content (AvgIpc) is 3.32. The minimum atomic E-state index is -0.178. The van der Waals surface area contributed by atoms with Crippen molar-refractivity contribution in [2.45, 2.75) is 45.2 Å². The van der Waals surface area contributed by atoms with Gasteiger partial charge in [0.25, 0.3) is 5.91 Å². The van der Waals surface area contributed by atoms with Crippen LogP contribution >= 0.6 is 0 Å². The lowest BCUT2D eigenvalue weighted by molar-refractivity contribution is -0.127. The van der Waals surface area contributed by atoms with Crippen molar-refractivity contribution in [3.8, 4) is 6.07 Å². The molecule has 33 heavy (non-hydrogen) atoms. The minimum absolute atomic E-state index is 0.00672. The van der Waals surface area contributed by atoms with Gasteiger partial charge in [-0.15, -0.1) is 0 Å². The molecule has 2 aliphatic rings. The van der Waals surface area contributed by atoms with E-state index in [-0.39, 0.29) is 17.5 Å². The van der Waals surface area contributed by atoms with Gasteiger partial charge in [-0.1, -0.05) is 6.08 Å². The second kappa shape index (κ2) is 8.90. The zero-order valence-corrected chi connectivity index (χ0v) is 18.5. The van der Waals surface area contributed by atoms with Gasteiger partial charge in [-0.3, -0.25) is 14.6 Å². The van der Waals surface area contributed by atoms with Gasteiger partial charge in [-0.05, 0) is 38.5 Å². The van der Waals surface area contributed by atoms with E-state index in [1.807, 2.05) is 23.9 Å². The third kappa shape index (κ3) is 4.64. The number of H-pyrrole nitrogens is 1. The highest BCUT2D eigenvalue weighted by molar-refractivity contribution is 5.97. The average molecular weight is 447 g/mol. The van der Waals surface area contributed by atoms with Gasteiger partial charge in [0.1, 0.15) is 17.5 Å². The topological polar surface area (TPSA) is 140 Å². The Kier molecular flexibility index (Phi) is 5.64. The quantitative estimate of drug-likeness (QED) is 0.371. The van der Waals surface area contributed by atoms with Gasteiger partial charge in [0, 0.05) is 31.9 Å². The maximum Gasteiger partial charge on any atom is 0.264 e. The van der Waals surface area contributed by atoms with Crippen molar-refractivity contribution in [1.29, 1.82) is 5.26 Å². The van der Waals surface area contributed by atoms with Crippen LogP contribution in [0.2, 0.25) is 0 Å². The van der Waals surface area contributed by atoms with E-state index in [1.165, 1.54) is 0 Å². The predicted molar refractivity (Wildman–Crippen MR) is 123 cm³/mol. The number of rotatable bonds is 7. The molecule has 0 aromatic carbocycles. The maximum atomic E-state index is 12.9. The number of aromatic amines is 1. The zero-order valence-electron chi connectivity index (χ0n) is 18.5. The summed E-state index contributed by atoms with van der Waals surface area (Å²) in [6, 6.07) is 2.10. The molecule has 11 nitrogen and oxygen atoms in total. The van der Waals surface area contributed by atoms with Crippen molar-refractivity contribution in [1.82, 2.24) is 34.8 Å². The number of allylic oxidation sites excluding steroid dienone is 1. The number of aryl methyl sites for hydroxylation is 1. The van der Waals surface area contributed by atoms with Crippen LogP contribution in [0, 0.1) is 17.2 Å². The number of carbonyl (C=O) groups excluding carboxylic acids is 1. The fourth-order valence-corrected chi connectivity index (χ4v) is 4.03. The third-order valence-corrected chi connectivity index (χ3v) is 5.95. The molecule has 1 aliphatic carbocycles. The Morgan fingerprint density at radius 2 is 2.21 bits per heavy atom. The van der Waals surface area contributed by atoms with Crippen LogP contribution in [0.5, 0.6) is 0 Å². The van der Waals surface area contributed by atoms with E-state index >= 15 is 0 Å². The summed E-state index contributed by atoms with van der Waals surface area (Å²) in [4.78, 5) is 23.8. The van der Waals surface area contributed by atoms with Gasteiger partial charge in [-0.25, -0.2) is 0 Å². The SMILES string of the molecule is CCn1cc(Nc2nc(NC3CCCN(C(=O)/C(C#N)=C/C4CC4)C3)c3cn[nH]c3n2)cn1. The molecule has 170 valence electrons. The highest BCUT2D eigenvalue weighted by atomic mass is 16.2. The Hall–Kier alpha value is -3.94. The molecule has 3 aromatic heterocycles. The highest BCUT2D eigenvalue weighted by Gasteiger charge is 2.28. The summed E-state index contributed by atoms with van der Waals surface area (Å²) in [5.74, 6) is 1.27. The number of likely N-dealkylation sites (tertiary alicyclic amines) is 1. The standard InChI is InChI=1S/C22H26N10O/c1-2-32-13-17(10-25-32)27-22-28-19(18-11-24-30-20(18)29-22)26-16-4-3-7-31(12-16)21(33)15(9-23)8-14-5-6-14/h8,10-11,13-14,16H,2-7,12H2,1H3,(H3,24,26,27,28,29,30)/b15-8+. The fourth-order valence-electron chi connectivity index (χ4n) is 4.03. The van der Waals surface area contributed by atoms with Crippen molar-refractivity contribution >= 4 is 34.4 Å². The number of aromatic nitrogens is 6. The number of anilines is 3. The molecule has 4 heterocycles. The molecule has 11 heteroatoms. The summed E-state index contributed by atoms with van der Waals surface area (Å²) in [5, 5.41) is 28.2. The van der Waals surface area contributed by atoms with Gasteiger partial charge in [0.15, 0.2) is 5.65 Å². The van der Waals surface area contributed by atoms with E-state index in [0.717, 1.165) is 43.3 Å². The molecule has 2 fully saturated rings. The predicted octanol–water partition coefficient (Wildman–Crippen LogP) is 2.58. The Balaban J connectivity index is 1.33. The molecule has 1 unspecified atom stereocenters. The van der Waals surface area contributed by atoms with E-state index in [9.17, 15) is 10.1 Å². The van der Waals surface area contributed by atoms with Crippen molar-refractivity contribution in [2.75, 3.05) is 23.7 Å². The summed E-state index contributed by atoms with van der Waals surface area (Å²) in [6.07, 6.45) is 11.0. The molecule has 3 aromatic rings. The van der Waals surface area contributed by atoms with E-state index in [4.69, 9.17) is 0 Å². The number of nitriles is 1. The number of hydrogen-bond donors (Lipinski definition) is 3. The molecule has 5 rings (SSSR count). The summed E-state index contributed by atoms with van der Waals surface area (Å²) in [7, 11) is 0. The van der Waals surface area contributed by atoms with Crippen molar-refractivity contribution < 1.29 is 4.79 Å². The van der Waals surface area contributed by atoms with Crippen LogP contribution in [0.4, 0.5) is 17.5 Å². The van der Waals surface area contributed by atoms with Crippen LogP contribution < -0.4 is 10.6 Å². The number of piperidine rings is 1.